The highest BCUT2D eigenvalue weighted by molar-refractivity contribution is 7.89. The molecular formula is C12H16Cl3NO2S. The summed E-state index contributed by atoms with van der Waals surface area (Å²) in [6.45, 7) is 2.36. The molecule has 1 rings (SSSR count). The van der Waals surface area contributed by atoms with Crippen LogP contribution in [0.5, 0.6) is 0 Å². The van der Waals surface area contributed by atoms with Crippen molar-refractivity contribution < 1.29 is 8.42 Å². The van der Waals surface area contributed by atoms with Gasteiger partial charge in [0.2, 0.25) is 10.0 Å². The molecule has 1 aromatic carbocycles. The van der Waals surface area contributed by atoms with Gasteiger partial charge in [-0.1, -0.05) is 36.5 Å². The van der Waals surface area contributed by atoms with Crippen LogP contribution in [0.2, 0.25) is 10.0 Å². The molecule has 0 saturated heterocycles. The molecule has 0 aromatic heterocycles. The van der Waals surface area contributed by atoms with Crippen molar-refractivity contribution in [3.63, 3.8) is 0 Å². The molecule has 0 aliphatic heterocycles. The molecule has 0 amide bonds. The third-order valence-corrected chi connectivity index (χ3v) is 4.86. The van der Waals surface area contributed by atoms with Crippen LogP contribution in [0.25, 0.3) is 0 Å². The topological polar surface area (TPSA) is 46.2 Å². The number of nitrogens with one attached hydrogen (secondary N) is 1. The Morgan fingerprint density at radius 2 is 1.79 bits per heavy atom. The molecule has 0 heterocycles. The normalized spacial score (nSPS) is 13.5. The van der Waals surface area contributed by atoms with E-state index in [2.05, 4.69) is 4.72 Å². The highest BCUT2D eigenvalue weighted by Crippen LogP contribution is 2.22. The van der Waals surface area contributed by atoms with Crippen LogP contribution < -0.4 is 4.72 Å². The van der Waals surface area contributed by atoms with Crippen molar-refractivity contribution in [3.05, 3.63) is 28.2 Å². The SMILES string of the molecule is CCC(CCCl)CNS(=O)(=O)c1cc(Cl)cc(Cl)c1. The molecule has 0 bridgehead atoms. The van der Waals surface area contributed by atoms with Gasteiger partial charge in [-0.05, 0) is 30.5 Å². The standard InChI is InChI=1S/C12H16Cl3NO2S/c1-2-9(3-4-13)8-16-19(17,18)12-6-10(14)5-11(15)7-12/h5-7,9,16H,2-4,8H2,1H3. The first-order valence-electron chi connectivity index (χ1n) is 5.90. The maximum atomic E-state index is 12.1. The minimum Gasteiger partial charge on any atom is -0.211 e. The molecule has 0 aliphatic carbocycles. The van der Waals surface area contributed by atoms with E-state index in [0.29, 0.717) is 22.5 Å². The monoisotopic (exact) mass is 343 g/mol. The predicted molar refractivity (Wildman–Crippen MR) is 80.8 cm³/mol. The summed E-state index contributed by atoms with van der Waals surface area (Å²) >= 11 is 17.3. The van der Waals surface area contributed by atoms with Crippen LogP contribution in [0, 0.1) is 5.92 Å². The fraction of sp³-hybridized carbons (Fsp3) is 0.500. The zero-order chi connectivity index (χ0) is 14.5. The molecule has 0 aliphatic rings. The van der Waals surface area contributed by atoms with E-state index in [4.69, 9.17) is 34.8 Å². The second-order valence-corrected chi connectivity index (χ2v) is 7.23. The molecule has 1 atom stereocenters. The number of hydrogen-bond acceptors (Lipinski definition) is 2. The maximum Gasteiger partial charge on any atom is 0.240 e. The van der Waals surface area contributed by atoms with Crippen LogP contribution in [-0.4, -0.2) is 20.8 Å². The summed E-state index contributed by atoms with van der Waals surface area (Å²) in [6.07, 6.45) is 1.64. The Labute approximate surface area is 129 Å². The average Bonchev–Trinajstić information content (AvgIpc) is 2.33. The Hall–Kier alpha value is -0.000000000000000111. The molecule has 1 aromatic rings. The first-order chi connectivity index (χ1) is 8.89. The van der Waals surface area contributed by atoms with Crippen molar-refractivity contribution in [1.29, 1.82) is 0 Å². The van der Waals surface area contributed by atoms with Gasteiger partial charge in [-0.2, -0.15) is 0 Å². The summed E-state index contributed by atoms with van der Waals surface area (Å²) < 4.78 is 26.8. The number of benzene rings is 1. The van der Waals surface area contributed by atoms with E-state index in [-0.39, 0.29) is 10.8 Å². The van der Waals surface area contributed by atoms with Crippen molar-refractivity contribution in [3.8, 4) is 0 Å². The molecule has 0 spiro atoms. The number of hydrogen-bond donors (Lipinski definition) is 1. The first-order valence-corrected chi connectivity index (χ1v) is 8.68. The minimum atomic E-state index is -3.59. The maximum absolute atomic E-state index is 12.1. The fourth-order valence-electron chi connectivity index (χ4n) is 1.60. The lowest BCUT2D eigenvalue weighted by Gasteiger charge is -2.14. The lowest BCUT2D eigenvalue weighted by Crippen LogP contribution is -2.29. The van der Waals surface area contributed by atoms with E-state index in [1.807, 2.05) is 6.92 Å². The summed E-state index contributed by atoms with van der Waals surface area (Å²) in [5.74, 6) is 0.741. The van der Waals surface area contributed by atoms with E-state index in [9.17, 15) is 8.42 Å². The van der Waals surface area contributed by atoms with E-state index < -0.39 is 10.0 Å². The van der Waals surface area contributed by atoms with Gasteiger partial charge in [0.05, 0.1) is 4.90 Å². The second-order valence-electron chi connectivity index (χ2n) is 4.21. The Kier molecular flexibility index (Phi) is 6.91. The van der Waals surface area contributed by atoms with Crippen LogP contribution in [0.1, 0.15) is 19.8 Å². The Bertz CT molecular complexity index is 499. The minimum absolute atomic E-state index is 0.0747. The first kappa shape index (κ1) is 17.1. The molecule has 0 saturated carbocycles. The summed E-state index contributed by atoms with van der Waals surface area (Å²) in [5.41, 5.74) is 0. The van der Waals surface area contributed by atoms with Gasteiger partial charge >= 0.3 is 0 Å². The zero-order valence-corrected chi connectivity index (χ0v) is 13.6. The zero-order valence-electron chi connectivity index (χ0n) is 10.5. The summed E-state index contributed by atoms with van der Waals surface area (Å²) in [5, 5.41) is 0.585. The predicted octanol–water partition coefficient (Wildman–Crippen LogP) is 3.93. The lowest BCUT2D eigenvalue weighted by molar-refractivity contribution is 0.481. The van der Waals surface area contributed by atoms with Crippen molar-refractivity contribution in [2.45, 2.75) is 24.7 Å². The lowest BCUT2D eigenvalue weighted by atomic mass is 10.0. The smallest absolute Gasteiger partial charge is 0.211 e. The molecule has 108 valence electrons. The van der Waals surface area contributed by atoms with E-state index >= 15 is 0 Å². The molecule has 3 nitrogen and oxygen atoms in total. The van der Waals surface area contributed by atoms with Crippen LogP contribution >= 0.6 is 34.8 Å². The molecule has 1 unspecified atom stereocenters. The van der Waals surface area contributed by atoms with Crippen LogP contribution in [0.4, 0.5) is 0 Å². The number of sulfonamides is 1. The van der Waals surface area contributed by atoms with Crippen LogP contribution in [0.15, 0.2) is 23.1 Å². The van der Waals surface area contributed by atoms with Crippen molar-refractivity contribution in [1.82, 2.24) is 4.72 Å². The van der Waals surface area contributed by atoms with Gasteiger partial charge in [0.25, 0.3) is 0 Å². The molecule has 19 heavy (non-hydrogen) atoms. The number of alkyl halides is 1. The molecular weight excluding hydrogens is 329 g/mol. The van der Waals surface area contributed by atoms with Gasteiger partial charge < -0.3 is 0 Å². The van der Waals surface area contributed by atoms with Crippen LogP contribution in [-0.2, 0) is 10.0 Å². The van der Waals surface area contributed by atoms with Gasteiger partial charge in [-0.25, -0.2) is 13.1 Å². The highest BCUT2D eigenvalue weighted by Gasteiger charge is 2.17. The van der Waals surface area contributed by atoms with E-state index in [0.717, 1.165) is 12.8 Å². The van der Waals surface area contributed by atoms with Crippen molar-refractivity contribution in [2.75, 3.05) is 12.4 Å². The van der Waals surface area contributed by atoms with E-state index in [1.165, 1.54) is 18.2 Å². The van der Waals surface area contributed by atoms with Crippen molar-refractivity contribution >= 4 is 44.8 Å². The fourth-order valence-corrected chi connectivity index (χ4v) is 3.75. The van der Waals surface area contributed by atoms with Gasteiger partial charge in [-0.3, -0.25) is 0 Å². The molecule has 1 N–H and O–H groups in total. The van der Waals surface area contributed by atoms with Crippen LogP contribution in [0.3, 0.4) is 0 Å². The van der Waals surface area contributed by atoms with Gasteiger partial charge in [0.15, 0.2) is 0 Å². The summed E-state index contributed by atoms with van der Waals surface area (Å²) in [6, 6.07) is 4.24. The quantitative estimate of drug-likeness (QED) is 0.762. The molecule has 0 fully saturated rings. The number of halogens is 3. The van der Waals surface area contributed by atoms with Gasteiger partial charge in [-0.15, -0.1) is 11.6 Å². The number of rotatable bonds is 7. The molecule has 0 radical (unpaired) electrons. The average molecular weight is 345 g/mol. The third-order valence-electron chi connectivity index (χ3n) is 2.80. The largest absolute Gasteiger partial charge is 0.240 e. The van der Waals surface area contributed by atoms with Crippen molar-refractivity contribution in [2.24, 2.45) is 5.92 Å². The van der Waals surface area contributed by atoms with E-state index in [1.54, 1.807) is 0 Å². The Morgan fingerprint density at radius 1 is 1.21 bits per heavy atom. The second kappa shape index (κ2) is 7.70. The van der Waals surface area contributed by atoms with Gasteiger partial charge in [0.1, 0.15) is 0 Å². The summed E-state index contributed by atoms with van der Waals surface area (Å²) in [7, 11) is -3.59. The highest BCUT2D eigenvalue weighted by atomic mass is 35.5. The Morgan fingerprint density at radius 3 is 2.26 bits per heavy atom. The summed E-state index contributed by atoms with van der Waals surface area (Å²) in [4.78, 5) is 0.0747. The van der Waals surface area contributed by atoms with Gasteiger partial charge in [0, 0.05) is 22.5 Å². The third kappa shape index (κ3) is 5.48. The molecule has 7 heteroatoms. The Balaban J connectivity index is 2.80.